The van der Waals surface area contributed by atoms with Gasteiger partial charge in [0, 0.05) is 11.4 Å². The normalized spacial score (nSPS) is 13.1. The van der Waals surface area contributed by atoms with Crippen LogP contribution in [0.1, 0.15) is 58.4 Å². The maximum absolute atomic E-state index is 12.8. The van der Waals surface area contributed by atoms with Crippen molar-refractivity contribution >= 4 is 51.6 Å². The van der Waals surface area contributed by atoms with Gasteiger partial charge in [0.2, 0.25) is 5.91 Å². The summed E-state index contributed by atoms with van der Waals surface area (Å²) in [5, 5.41) is 13.2. The number of nitrogens with one attached hydrogen (secondary N) is 1. The predicted octanol–water partition coefficient (Wildman–Crippen LogP) is 5.69. The number of nitrogens with zero attached hydrogens (tertiary/aromatic N) is 3. The number of halogens is 1. The molecule has 11 heteroatoms. The molecule has 2 aromatic heterocycles. The van der Waals surface area contributed by atoms with Crippen LogP contribution in [0.3, 0.4) is 0 Å². The first-order valence-electron chi connectivity index (χ1n) is 11.9. The Bertz CT molecular complexity index is 1260. The molecule has 0 radical (unpaired) electrons. The van der Waals surface area contributed by atoms with E-state index in [1.165, 1.54) is 35.1 Å². The Balaban J connectivity index is 1.41. The van der Waals surface area contributed by atoms with E-state index in [2.05, 4.69) is 15.5 Å². The number of methoxy groups -OCH3 is 1. The molecule has 0 atom stereocenters. The second-order valence-corrected chi connectivity index (χ2v) is 10.9. The number of anilines is 1. The van der Waals surface area contributed by atoms with Gasteiger partial charge < -0.3 is 19.4 Å². The SMILES string of the molecule is CCn1c(COc2cc(C)ccc2Cl)nnc1SCC(=O)Nc1sc2c(c1C(=O)OC)CCCCC2. The van der Waals surface area contributed by atoms with Crippen molar-refractivity contribution in [1.82, 2.24) is 14.8 Å². The van der Waals surface area contributed by atoms with Crippen molar-refractivity contribution in [3.8, 4) is 5.75 Å². The molecule has 36 heavy (non-hydrogen) atoms. The van der Waals surface area contributed by atoms with E-state index in [1.807, 2.05) is 30.5 Å². The van der Waals surface area contributed by atoms with E-state index in [4.69, 9.17) is 21.1 Å². The number of aromatic nitrogens is 3. The Morgan fingerprint density at radius 2 is 2.03 bits per heavy atom. The number of carbonyl (C=O) groups excluding carboxylic acids is 2. The van der Waals surface area contributed by atoms with Crippen LogP contribution in [0.2, 0.25) is 5.02 Å². The lowest BCUT2D eigenvalue weighted by atomic mass is 10.1. The monoisotopic (exact) mass is 548 g/mol. The van der Waals surface area contributed by atoms with E-state index in [0.717, 1.165) is 43.2 Å². The number of carbonyl (C=O) groups is 2. The number of rotatable bonds is 9. The zero-order chi connectivity index (χ0) is 25.7. The molecule has 0 spiro atoms. The number of aryl methyl sites for hydroxylation is 2. The highest BCUT2D eigenvalue weighted by Gasteiger charge is 2.26. The van der Waals surface area contributed by atoms with Crippen LogP contribution in [0, 0.1) is 6.92 Å². The molecule has 1 aromatic carbocycles. The fourth-order valence-electron chi connectivity index (χ4n) is 4.16. The maximum Gasteiger partial charge on any atom is 0.341 e. The minimum atomic E-state index is -0.401. The average molecular weight is 549 g/mol. The van der Waals surface area contributed by atoms with Crippen LogP contribution in [0.15, 0.2) is 23.4 Å². The van der Waals surface area contributed by atoms with E-state index in [1.54, 1.807) is 6.07 Å². The molecule has 0 saturated heterocycles. The number of esters is 1. The molecule has 8 nitrogen and oxygen atoms in total. The highest BCUT2D eigenvalue weighted by atomic mass is 35.5. The van der Waals surface area contributed by atoms with Crippen LogP contribution in [0.4, 0.5) is 5.00 Å². The van der Waals surface area contributed by atoms with Gasteiger partial charge in [0.25, 0.3) is 0 Å². The van der Waals surface area contributed by atoms with E-state index in [9.17, 15) is 9.59 Å². The summed E-state index contributed by atoms with van der Waals surface area (Å²) in [6.07, 6.45) is 5.02. The summed E-state index contributed by atoms with van der Waals surface area (Å²) in [5.41, 5.74) is 2.58. The third kappa shape index (κ3) is 6.04. The lowest BCUT2D eigenvalue weighted by Crippen LogP contribution is -2.17. The highest BCUT2D eigenvalue weighted by molar-refractivity contribution is 7.99. The van der Waals surface area contributed by atoms with Crippen molar-refractivity contribution in [2.24, 2.45) is 0 Å². The van der Waals surface area contributed by atoms with Gasteiger partial charge in [-0.3, -0.25) is 4.79 Å². The molecule has 0 fully saturated rings. The average Bonchev–Trinajstić information content (AvgIpc) is 3.34. The number of hydrogen-bond donors (Lipinski definition) is 1. The molecule has 0 unspecified atom stereocenters. The van der Waals surface area contributed by atoms with Gasteiger partial charge in [-0.25, -0.2) is 4.79 Å². The van der Waals surface area contributed by atoms with Crippen molar-refractivity contribution in [3.63, 3.8) is 0 Å². The largest absolute Gasteiger partial charge is 0.484 e. The van der Waals surface area contributed by atoms with Crippen LogP contribution in [-0.4, -0.2) is 39.5 Å². The highest BCUT2D eigenvalue weighted by Crippen LogP contribution is 2.38. The minimum Gasteiger partial charge on any atom is -0.484 e. The number of ether oxygens (including phenoxy) is 2. The van der Waals surface area contributed by atoms with Gasteiger partial charge in [-0.05, 0) is 62.8 Å². The molecule has 192 valence electrons. The molecule has 0 bridgehead atoms. The number of thiophene rings is 1. The Kier molecular flexibility index (Phi) is 8.92. The van der Waals surface area contributed by atoms with E-state index in [0.29, 0.717) is 38.9 Å². The lowest BCUT2D eigenvalue weighted by molar-refractivity contribution is -0.113. The predicted molar refractivity (Wildman–Crippen MR) is 142 cm³/mol. The van der Waals surface area contributed by atoms with Crippen molar-refractivity contribution in [1.29, 1.82) is 0 Å². The smallest absolute Gasteiger partial charge is 0.341 e. The van der Waals surface area contributed by atoms with Crippen molar-refractivity contribution in [3.05, 3.63) is 50.6 Å². The fourth-order valence-corrected chi connectivity index (χ4v) is 6.44. The molecular weight excluding hydrogens is 520 g/mol. The van der Waals surface area contributed by atoms with Crippen LogP contribution in [0.5, 0.6) is 5.75 Å². The van der Waals surface area contributed by atoms with Crippen molar-refractivity contribution in [2.45, 2.75) is 64.3 Å². The Labute approximate surface area is 223 Å². The Morgan fingerprint density at radius 1 is 1.22 bits per heavy atom. The first-order valence-corrected chi connectivity index (χ1v) is 14.1. The topological polar surface area (TPSA) is 95.3 Å². The summed E-state index contributed by atoms with van der Waals surface area (Å²) in [5.74, 6) is 0.754. The molecule has 4 rings (SSSR count). The van der Waals surface area contributed by atoms with Gasteiger partial charge in [0.05, 0.1) is 23.4 Å². The van der Waals surface area contributed by atoms with Crippen LogP contribution in [-0.2, 0) is 35.5 Å². The molecule has 1 aliphatic rings. The van der Waals surface area contributed by atoms with Crippen LogP contribution < -0.4 is 10.1 Å². The molecule has 3 aromatic rings. The maximum atomic E-state index is 12.8. The standard InChI is InChI=1S/C25H29ClN4O4S2/c1-4-30-20(13-34-18-12-15(2)10-11-17(18)26)28-29-25(30)35-14-21(31)27-23-22(24(32)33-3)16-8-6-5-7-9-19(16)36-23/h10-12H,4-9,13-14H2,1-3H3,(H,27,31). The van der Waals surface area contributed by atoms with Gasteiger partial charge in [0.1, 0.15) is 17.4 Å². The molecule has 2 heterocycles. The third-order valence-electron chi connectivity index (χ3n) is 5.95. The van der Waals surface area contributed by atoms with Gasteiger partial charge in [-0.1, -0.05) is 35.9 Å². The van der Waals surface area contributed by atoms with E-state index < -0.39 is 5.97 Å². The zero-order valence-electron chi connectivity index (χ0n) is 20.6. The molecular formula is C25H29ClN4O4S2. The van der Waals surface area contributed by atoms with Crippen LogP contribution in [0.25, 0.3) is 0 Å². The zero-order valence-corrected chi connectivity index (χ0v) is 22.9. The number of amides is 1. The number of fused-ring (bicyclic) bond motifs is 1. The summed E-state index contributed by atoms with van der Waals surface area (Å²) in [7, 11) is 1.37. The first kappa shape index (κ1) is 26.5. The van der Waals surface area contributed by atoms with Gasteiger partial charge >= 0.3 is 5.97 Å². The van der Waals surface area contributed by atoms with E-state index >= 15 is 0 Å². The summed E-state index contributed by atoms with van der Waals surface area (Å²) in [6.45, 7) is 4.79. The van der Waals surface area contributed by atoms with Gasteiger partial charge in [-0.15, -0.1) is 21.5 Å². The van der Waals surface area contributed by atoms with E-state index in [-0.39, 0.29) is 18.3 Å². The van der Waals surface area contributed by atoms with Crippen LogP contribution >= 0.6 is 34.7 Å². The summed E-state index contributed by atoms with van der Waals surface area (Å²) in [4.78, 5) is 26.5. The van der Waals surface area contributed by atoms with Gasteiger partial charge in [0.15, 0.2) is 11.0 Å². The fraction of sp³-hybridized carbons (Fsp3) is 0.440. The second kappa shape index (κ2) is 12.1. The number of hydrogen-bond acceptors (Lipinski definition) is 8. The lowest BCUT2D eigenvalue weighted by Gasteiger charge is -2.10. The molecule has 1 aliphatic carbocycles. The third-order valence-corrected chi connectivity index (χ3v) is 8.44. The van der Waals surface area contributed by atoms with Gasteiger partial charge in [-0.2, -0.15) is 0 Å². The molecule has 1 amide bonds. The summed E-state index contributed by atoms with van der Waals surface area (Å²) >= 11 is 9.00. The summed E-state index contributed by atoms with van der Waals surface area (Å²) < 4.78 is 12.8. The van der Waals surface area contributed by atoms with Crippen molar-refractivity contribution < 1.29 is 19.1 Å². The Morgan fingerprint density at radius 3 is 2.81 bits per heavy atom. The second-order valence-electron chi connectivity index (χ2n) is 8.46. The first-order chi connectivity index (χ1) is 17.4. The molecule has 0 aliphatic heterocycles. The summed E-state index contributed by atoms with van der Waals surface area (Å²) in [6, 6.07) is 5.60. The van der Waals surface area contributed by atoms with Crippen molar-refractivity contribution in [2.75, 3.05) is 18.2 Å². The number of benzene rings is 1. The number of thioether (sulfide) groups is 1. The molecule has 0 saturated carbocycles. The minimum absolute atomic E-state index is 0.131. The molecule has 1 N–H and O–H groups in total. The Hall–Kier alpha value is -2.56. The quantitative estimate of drug-likeness (QED) is 0.208.